The Hall–Kier alpha value is -0.880. The zero-order valence-corrected chi connectivity index (χ0v) is 12.1. The molecule has 0 spiro atoms. The first kappa shape index (κ1) is 14.2. The quantitative estimate of drug-likeness (QED) is 0.915. The van der Waals surface area contributed by atoms with Crippen LogP contribution < -0.4 is 5.32 Å². The van der Waals surface area contributed by atoms with E-state index in [1.54, 1.807) is 12.1 Å². The first-order chi connectivity index (χ1) is 7.79. The number of carbonyl (C=O) groups is 1. The van der Waals surface area contributed by atoms with Gasteiger partial charge in [-0.25, -0.2) is 8.42 Å². The van der Waals surface area contributed by atoms with Gasteiger partial charge in [0.05, 0.1) is 11.3 Å². The van der Waals surface area contributed by atoms with E-state index in [0.29, 0.717) is 10.0 Å². The molecule has 0 aliphatic carbocycles. The van der Waals surface area contributed by atoms with E-state index in [4.69, 9.17) is 0 Å². The molecule has 0 heterocycles. The number of nitrogens with one attached hydrogen (secondary N) is 1. The Kier molecular flexibility index (Phi) is 4.70. The molecular weight excluding hydrogens is 306 g/mol. The van der Waals surface area contributed by atoms with Crippen molar-refractivity contribution in [2.75, 3.05) is 18.6 Å². The molecule has 0 unspecified atom stereocenters. The fourth-order valence-electron chi connectivity index (χ4n) is 1.26. The van der Waals surface area contributed by atoms with Crippen LogP contribution in [0.1, 0.15) is 15.9 Å². The molecule has 0 fully saturated rings. The van der Waals surface area contributed by atoms with E-state index in [1.165, 1.54) is 0 Å². The highest BCUT2D eigenvalue weighted by atomic mass is 79.9. The molecule has 0 saturated carbocycles. The monoisotopic (exact) mass is 319 g/mol. The lowest BCUT2D eigenvalue weighted by molar-refractivity contribution is 0.0955. The average Bonchev–Trinajstić information content (AvgIpc) is 2.19. The lowest BCUT2D eigenvalue weighted by Gasteiger charge is -2.07. The van der Waals surface area contributed by atoms with E-state index < -0.39 is 9.84 Å². The van der Waals surface area contributed by atoms with Gasteiger partial charge in [0.1, 0.15) is 9.84 Å². The van der Waals surface area contributed by atoms with E-state index in [-0.39, 0.29) is 18.2 Å². The summed E-state index contributed by atoms with van der Waals surface area (Å²) in [6.07, 6.45) is 1.14. The van der Waals surface area contributed by atoms with Crippen molar-refractivity contribution in [1.29, 1.82) is 0 Å². The molecule has 0 radical (unpaired) electrons. The SMILES string of the molecule is Cc1ccc(Br)c(C(=O)NCCS(C)(=O)=O)c1. The Balaban J connectivity index is 2.67. The molecule has 0 saturated heterocycles. The van der Waals surface area contributed by atoms with Crippen molar-refractivity contribution in [3.63, 3.8) is 0 Å². The number of sulfone groups is 1. The molecule has 0 atom stereocenters. The van der Waals surface area contributed by atoms with Crippen LogP contribution in [0.3, 0.4) is 0 Å². The van der Waals surface area contributed by atoms with Crippen molar-refractivity contribution in [3.05, 3.63) is 33.8 Å². The number of aryl methyl sites for hydroxylation is 1. The molecule has 0 bridgehead atoms. The number of carbonyl (C=O) groups excluding carboxylic acids is 1. The summed E-state index contributed by atoms with van der Waals surface area (Å²) in [5.74, 6) is -0.327. The number of halogens is 1. The maximum Gasteiger partial charge on any atom is 0.252 e. The Bertz CT molecular complexity index is 526. The molecule has 0 aliphatic rings. The van der Waals surface area contributed by atoms with Gasteiger partial charge >= 0.3 is 0 Å². The normalized spacial score (nSPS) is 11.2. The fraction of sp³-hybridized carbons (Fsp3) is 0.364. The number of amides is 1. The first-order valence-electron chi connectivity index (χ1n) is 5.01. The molecule has 1 aromatic rings. The Labute approximate surface area is 109 Å². The summed E-state index contributed by atoms with van der Waals surface area (Å²) in [5.41, 5.74) is 1.49. The molecule has 4 nitrogen and oxygen atoms in total. The summed E-state index contributed by atoms with van der Waals surface area (Å²) in [4.78, 5) is 11.8. The summed E-state index contributed by atoms with van der Waals surface area (Å²) in [7, 11) is -3.05. The zero-order chi connectivity index (χ0) is 13.1. The van der Waals surface area contributed by atoms with Crippen molar-refractivity contribution in [3.8, 4) is 0 Å². The number of hydrogen-bond donors (Lipinski definition) is 1. The number of rotatable bonds is 4. The van der Waals surface area contributed by atoms with Crippen LogP contribution in [0.5, 0.6) is 0 Å². The third-order valence-electron chi connectivity index (χ3n) is 2.12. The molecule has 1 rings (SSSR count). The van der Waals surface area contributed by atoms with E-state index in [9.17, 15) is 13.2 Å². The molecule has 0 aliphatic heterocycles. The predicted molar refractivity (Wildman–Crippen MR) is 70.9 cm³/mol. The molecule has 1 N–H and O–H groups in total. The van der Waals surface area contributed by atoms with Crippen molar-refractivity contribution < 1.29 is 13.2 Å². The molecule has 94 valence electrons. The van der Waals surface area contributed by atoms with Gasteiger partial charge in [-0.05, 0) is 35.0 Å². The van der Waals surface area contributed by atoms with Crippen LogP contribution in [0.15, 0.2) is 22.7 Å². The van der Waals surface area contributed by atoms with Gasteiger partial charge in [0, 0.05) is 17.3 Å². The van der Waals surface area contributed by atoms with Gasteiger partial charge in [-0.15, -0.1) is 0 Å². The van der Waals surface area contributed by atoms with Crippen LogP contribution in [0, 0.1) is 6.92 Å². The summed E-state index contributed by atoms with van der Waals surface area (Å²) >= 11 is 3.28. The topological polar surface area (TPSA) is 63.2 Å². The van der Waals surface area contributed by atoms with Gasteiger partial charge in [0.2, 0.25) is 0 Å². The summed E-state index contributed by atoms with van der Waals surface area (Å²) in [6, 6.07) is 5.43. The Morgan fingerprint density at radius 1 is 1.41 bits per heavy atom. The van der Waals surface area contributed by atoms with Crippen molar-refractivity contribution in [1.82, 2.24) is 5.32 Å². The molecule has 6 heteroatoms. The predicted octanol–water partition coefficient (Wildman–Crippen LogP) is 1.53. The van der Waals surface area contributed by atoms with Crippen LogP contribution in [0.2, 0.25) is 0 Å². The third kappa shape index (κ3) is 4.87. The van der Waals surface area contributed by atoms with Gasteiger partial charge in [-0.3, -0.25) is 4.79 Å². The van der Waals surface area contributed by atoms with Gasteiger partial charge in [-0.1, -0.05) is 11.6 Å². The summed E-state index contributed by atoms with van der Waals surface area (Å²) in [6.45, 7) is 2.01. The molecule has 17 heavy (non-hydrogen) atoms. The molecule has 0 aromatic heterocycles. The Morgan fingerprint density at radius 2 is 2.06 bits per heavy atom. The Morgan fingerprint density at radius 3 is 2.65 bits per heavy atom. The van der Waals surface area contributed by atoms with Crippen LogP contribution in [0.4, 0.5) is 0 Å². The third-order valence-corrected chi connectivity index (χ3v) is 3.76. The van der Waals surface area contributed by atoms with Gasteiger partial charge in [0.25, 0.3) is 5.91 Å². The summed E-state index contributed by atoms with van der Waals surface area (Å²) in [5, 5.41) is 2.58. The fourth-order valence-corrected chi connectivity index (χ4v) is 2.16. The van der Waals surface area contributed by atoms with Crippen molar-refractivity contribution >= 4 is 31.7 Å². The minimum Gasteiger partial charge on any atom is -0.351 e. The lowest BCUT2D eigenvalue weighted by atomic mass is 10.1. The minimum absolute atomic E-state index is 0.0534. The van der Waals surface area contributed by atoms with Gasteiger partial charge in [-0.2, -0.15) is 0 Å². The second kappa shape index (κ2) is 5.64. The maximum absolute atomic E-state index is 11.8. The van der Waals surface area contributed by atoms with E-state index >= 15 is 0 Å². The maximum atomic E-state index is 11.8. The van der Waals surface area contributed by atoms with Crippen molar-refractivity contribution in [2.24, 2.45) is 0 Å². The first-order valence-corrected chi connectivity index (χ1v) is 7.87. The standard InChI is InChI=1S/C11H14BrNO3S/c1-8-3-4-10(12)9(7-8)11(14)13-5-6-17(2,15)16/h3-4,7H,5-6H2,1-2H3,(H,13,14). The van der Waals surface area contributed by atoms with Crippen LogP contribution in [-0.4, -0.2) is 32.9 Å². The van der Waals surface area contributed by atoms with E-state index in [2.05, 4.69) is 21.2 Å². The van der Waals surface area contributed by atoms with Crippen LogP contribution >= 0.6 is 15.9 Å². The highest BCUT2D eigenvalue weighted by Gasteiger charge is 2.10. The highest BCUT2D eigenvalue weighted by molar-refractivity contribution is 9.10. The minimum atomic E-state index is -3.05. The number of hydrogen-bond acceptors (Lipinski definition) is 3. The second-order valence-electron chi connectivity index (χ2n) is 3.87. The largest absolute Gasteiger partial charge is 0.351 e. The molecule has 1 amide bonds. The van der Waals surface area contributed by atoms with Gasteiger partial charge in [0.15, 0.2) is 0 Å². The van der Waals surface area contributed by atoms with Crippen molar-refractivity contribution in [2.45, 2.75) is 6.92 Å². The molecular formula is C11H14BrNO3S. The van der Waals surface area contributed by atoms with Gasteiger partial charge < -0.3 is 5.32 Å². The van der Waals surface area contributed by atoms with Crippen LogP contribution in [-0.2, 0) is 9.84 Å². The van der Waals surface area contributed by atoms with E-state index in [0.717, 1.165) is 11.8 Å². The number of benzene rings is 1. The molecule has 1 aromatic carbocycles. The van der Waals surface area contributed by atoms with E-state index in [1.807, 2.05) is 13.0 Å². The average molecular weight is 320 g/mol. The summed E-state index contributed by atoms with van der Waals surface area (Å²) < 4.78 is 22.5. The highest BCUT2D eigenvalue weighted by Crippen LogP contribution is 2.17. The zero-order valence-electron chi connectivity index (χ0n) is 9.66. The second-order valence-corrected chi connectivity index (χ2v) is 6.98. The lowest BCUT2D eigenvalue weighted by Crippen LogP contribution is -2.29. The van der Waals surface area contributed by atoms with Crippen LogP contribution in [0.25, 0.3) is 0 Å². The smallest absolute Gasteiger partial charge is 0.252 e.